The van der Waals surface area contributed by atoms with E-state index in [1.807, 2.05) is 0 Å². The topological polar surface area (TPSA) is 17.0 Å². The molecule has 0 radical (unpaired) electrons. The van der Waals surface area contributed by atoms with E-state index in [4.69, 9.17) is 0 Å². The van der Waals surface area contributed by atoms with Gasteiger partial charge in [0, 0.05) is 25.0 Å². The smallest absolute Gasteiger partial charge is 0.0359 e. The Morgan fingerprint density at radius 1 is 1.40 bits per heavy atom. The molecule has 1 rings (SSSR count). The van der Waals surface area contributed by atoms with Gasteiger partial charge in [0.05, 0.1) is 0 Å². The molecule has 0 aliphatic rings. The van der Waals surface area contributed by atoms with E-state index in [1.165, 1.54) is 18.5 Å². The van der Waals surface area contributed by atoms with Crippen LogP contribution in [-0.4, -0.2) is 11.1 Å². The van der Waals surface area contributed by atoms with Crippen LogP contribution < -0.4 is 5.32 Å². The summed E-state index contributed by atoms with van der Waals surface area (Å²) in [5.41, 5.74) is 1.41. The predicted octanol–water partition coefficient (Wildman–Crippen LogP) is 3.03. The monoisotopic (exact) mass is 208 g/mol. The Hall–Kier alpha value is -0.760. The molecular weight excluding hydrogens is 184 g/mol. The molecule has 2 heteroatoms. The average Bonchev–Trinajstić information content (AvgIpc) is 2.66. The molecule has 0 saturated carbocycles. The van der Waals surface area contributed by atoms with Crippen molar-refractivity contribution in [3.8, 4) is 0 Å². The summed E-state index contributed by atoms with van der Waals surface area (Å²) in [6, 6.07) is 4.36. The molecule has 0 spiro atoms. The Kier molecular flexibility index (Phi) is 5.48. The molecule has 0 aliphatic carbocycles. The van der Waals surface area contributed by atoms with Crippen LogP contribution in [-0.2, 0) is 13.1 Å². The largest absolute Gasteiger partial charge is 0.350 e. The highest BCUT2D eigenvalue weighted by atomic mass is 15.0. The fourth-order valence-corrected chi connectivity index (χ4v) is 1.65. The van der Waals surface area contributed by atoms with Crippen molar-refractivity contribution in [2.75, 3.05) is 6.54 Å². The molecule has 0 fully saturated rings. The summed E-state index contributed by atoms with van der Waals surface area (Å²) in [4.78, 5) is 0. The molecule has 86 valence electrons. The third-order valence-electron chi connectivity index (χ3n) is 2.86. The summed E-state index contributed by atoms with van der Waals surface area (Å²) in [6.07, 6.45) is 4.64. The summed E-state index contributed by atoms with van der Waals surface area (Å²) in [5.74, 6) is 0.766. The maximum Gasteiger partial charge on any atom is 0.0359 e. The zero-order chi connectivity index (χ0) is 11.1. The number of hydrogen-bond acceptors (Lipinski definition) is 1. The van der Waals surface area contributed by atoms with Gasteiger partial charge in [0.2, 0.25) is 0 Å². The fourth-order valence-electron chi connectivity index (χ4n) is 1.65. The van der Waals surface area contributed by atoms with E-state index in [-0.39, 0.29) is 0 Å². The van der Waals surface area contributed by atoms with Crippen molar-refractivity contribution >= 4 is 0 Å². The minimum Gasteiger partial charge on any atom is -0.350 e. The minimum atomic E-state index is 0.766. The molecule has 1 atom stereocenters. The molecule has 1 aromatic rings. The number of hydrogen-bond donors (Lipinski definition) is 1. The molecule has 0 amide bonds. The molecule has 1 N–H and O–H groups in total. The number of aromatic nitrogens is 1. The van der Waals surface area contributed by atoms with Crippen LogP contribution in [0.15, 0.2) is 18.3 Å². The van der Waals surface area contributed by atoms with Gasteiger partial charge in [-0.1, -0.05) is 27.2 Å². The Morgan fingerprint density at radius 2 is 2.20 bits per heavy atom. The number of nitrogens with zero attached hydrogens (tertiary/aromatic N) is 1. The van der Waals surface area contributed by atoms with Crippen molar-refractivity contribution in [3.63, 3.8) is 0 Å². The van der Waals surface area contributed by atoms with E-state index < -0.39 is 0 Å². The Balaban J connectivity index is 2.45. The molecular formula is C13H24N2. The quantitative estimate of drug-likeness (QED) is 0.682. The van der Waals surface area contributed by atoms with Gasteiger partial charge in [-0.25, -0.2) is 0 Å². The van der Waals surface area contributed by atoms with Crippen molar-refractivity contribution in [1.82, 2.24) is 9.88 Å². The second kappa shape index (κ2) is 6.67. The highest BCUT2D eigenvalue weighted by Gasteiger charge is 2.03. The van der Waals surface area contributed by atoms with Crippen LogP contribution in [0.3, 0.4) is 0 Å². The van der Waals surface area contributed by atoms with E-state index in [2.05, 4.69) is 49.0 Å². The van der Waals surface area contributed by atoms with Crippen LogP contribution in [0.25, 0.3) is 0 Å². The SMILES string of the molecule is CCCNCc1cccn1CC(C)CC. The lowest BCUT2D eigenvalue weighted by molar-refractivity contribution is 0.455. The predicted molar refractivity (Wildman–Crippen MR) is 65.9 cm³/mol. The van der Waals surface area contributed by atoms with E-state index in [0.717, 1.165) is 25.6 Å². The third kappa shape index (κ3) is 4.08. The van der Waals surface area contributed by atoms with Gasteiger partial charge in [0.15, 0.2) is 0 Å². The molecule has 2 nitrogen and oxygen atoms in total. The molecule has 0 aliphatic heterocycles. The van der Waals surface area contributed by atoms with Gasteiger partial charge < -0.3 is 9.88 Å². The summed E-state index contributed by atoms with van der Waals surface area (Å²) in [5, 5.41) is 3.45. The first kappa shape index (κ1) is 12.3. The van der Waals surface area contributed by atoms with Crippen LogP contribution >= 0.6 is 0 Å². The van der Waals surface area contributed by atoms with Crippen LogP contribution in [0.4, 0.5) is 0 Å². The first-order chi connectivity index (χ1) is 7.27. The minimum absolute atomic E-state index is 0.766. The number of rotatable bonds is 7. The van der Waals surface area contributed by atoms with Crippen LogP contribution in [0, 0.1) is 5.92 Å². The first-order valence-electron chi connectivity index (χ1n) is 6.12. The van der Waals surface area contributed by atoms with E-state index in [9.17, 15) is 0 Å². The zero-order valence-corrected chi connectivity index (χ0v) is 10.3. The second-order valence-corrected chi connectivity index (χ2v) is 4.34. The highest BCUT2D eigenvalue weighted by molar-refractivity contribution is 5.06. The number of nitrogens with one attached hydrogen (secondary N) is 1. The lowest BCUT2D eigenvalue weighted by atomic mass is 10.1. The van der Waals surface area contributed by atoms with Crippen molar-refractivity contribution < 1.29 is 0 Å². The lowest BCUT2D eigenvalue weighted by Gasteiger charge is -2.14. The van der Waals surface area contributed by atoms with Gasteiger partial charge in [0.1, 0.15) is 0 Å². The normalized spacial score (nSPS) is 13.0. The standard InChI is InChI=1S/C13H24N2/c1-4-8-14-10-13-7-6-9-15(13)11-12(3)5-2/h6-7,9,12,14H,4-5,8,10-11H2,1-3H3. The van der Waals surface area contributed by atoms with Gasteiger partial charge in [-0.3, -0.25) is 0 Å². The van der Waals surface area contributed by atoms with Gasteiger partial charge in [-0.05, 0) is 31.0 Å². The maximum absolute atomic E-state index is 3.45. The molecule has 0 saturated heterocycles. The van der Waals surface area contributed by atoms with Gasteiger partial charge >= 0.3 is 0 Å². The summed E-state index contributed by atoms with van der Waals surface area (Å²) in [6.45, 7) is 10.0. The lowest BCUT2D eigenvalue weighted by Crippen LogP contribution is -2.18. The van der Waals surface area contributed by atoms with Crippen molar-refractivity contribution in [3.05, 3.63) is 24.0 Å². The van der Waals surface area contributed by atoms with Gasteiger partial charge in [-0.2, -0.15) is 0 Å². The first-order valence-corrected chi connectivity index (χ1v) is 6.12. The van der Waals surface area contributed by atoms with E-state index in [0.29, 0.717) is 0 Å². The fraction of sp³-hybridized carbons (Fsp3) is 0.692. The summed E-state index contributed by atoms with van der Waals surface area (Å²) in [7, 11) is 0. The third-order valence-corrected chi connectivity index (χ3v) is 2.86. The van der Waals surface area contributed by atoms with Crippen LogP contribution in [0.1, 0.15) is 39.3 Å². The van der Waals surface area contributed by atoms with Crippen molar-refractivity contribution in [2.45, 2.75) is 46.7 Å². The average molecular weight is 208 g/mol. The van der Waals surface area contributed by atoms with Gasteiger partial charge in [0.25, 0.3) is 0 Å². The molecule has 1 aromatic heterocycles. The Bertz CT molecular complexity index is 265. The van der Waals surface area contributed by atoms with E-state index >= 15 is 0 Å². The molecule has 0 bridgehead atoms. The maximum atomic E-state index is 3.45. The Morgan fingerprint density at radius 3 is 2.87 bits per heavy atom. The van der Waals surface area contributed by atoms with Crippen LogP contribution in [0.2, 0.25) is 0 Å². The summed E-state index contributed by atoms with van der Waals surface area (Å²) >= 11 is 0. The van der Waals surface area contributed by atoms with E-state index in [1.54, 1.807) is 0 Å². The van der Waals surface area contributed by atoms with Gasteiger partial charge in [-0.15, -0.1) is 0 Å². The molecule has 1 unspecified atom stereocenters. The molecule has 15 heavy (non-hydrogen) atoms. The molecule has 1 heterocycles. The zero-order valence-electron chi connectivity index (χ0n) is 10.3. The summed E-state index contributed by atoms with van der Waals surface area (Å²) < 4.78 is 2.37. The van der Waals surface area contributed by atoms with Crippen LogP contribution in [0.5, 0.6) is 0 Å². The van der Waals surface area contributed by atoms with Crippen molar-refractivity contribution in [2.24, 2.45) is 5.92 Å². The second-order valence-electron chi connectivity index (χ2n) is 4.34. The van der Waals surface area contributed by atoms with Crippen molar-refractivity contribution in [1.29, 1.82) is 0 Å². The molecule has 0 aromatic carbocycles. The Labute approximate surface area is 93.7 Å². The highest BCUT2D eigenvalue weighted by Crippen LogP contribution is 2.09.